The second-order valence-corrected chi connectivity index (χ2v) is 6.22. The zero-order valence-corrected chi connectivity index (χ0v) is 15.1. The van der Waals surface area contributed by atoms with Crippen LogP contribution in [-0.4, -0.2) is 44.1 Å². The Labute approximate surface area is 156 Å². The number of amides is 2. The number of nitriles is 1. The molecule has 1 unspecified atom stereocenters. The number of carbonyl (C=O) groups excluding carboxylic acids is 1. The molecule has 0 bridgehead atoms. The van der Waals surface area contributed by atoms with Crippen LogP contribution in [0.4, 0.5) is 10.5 Å². The quantitative estimate of drug-likeness (QED) is 0.583. The lowest BCUT2D eigenvalue weighted by atomic mass is 10.1. The molecule has 0 aliphatic heterocycles. The average Bonchev–Trinajstić information content (AvgIpc) is 3.03. The molecule has 27 heavy (non-hydrogen) atoms. The number of hydrogen-bond acceptors (Lipinski definition) is 5. The summed E-state index contributed by atoms with van der Waals surface area (Å²) in [6.07, 6.45) is 2.91. The van der Waals surface area contributed by atoms with E-state index in [1.54, 1.807) is 28.9 Å². The number of carbonyl (C=O) groups is 2. The van der Waals surface area contributed by atoms with Gasteiger partial charge in [-0.15, -0.1) is 0 Å². The zero-order chi connectivity index (χ0) is 20.0. The van der Waals surface area contributed by atoms with Gasteiger partial charge >= 0.3 is 12.0 Å². The summed E-state index contributed by atoms with van der Waals surface area (Å²) in [6.45, 7) is 2.63. The maximum atomic E-state index is 12.1. The Hall–Kier alpha value is -3.38. The van der Waals surface area contributed by atoms with Crippen LogP contribution in [0.15, 0.2) is 30.5 Å². The monoisotopic (exact) mass is 371 g/mol. The third-order valence-corrected chi connectivity index (χ3v) is 3.88. The first-order valence-electron chi connectivity index (χ1n) is 8.36. The fourth-order valence-corrected chi connectivity index (χ4v) is 2.38. The van der Waals surface area contributed by atoms with Gasteiger partial charge in [0.2, 0.25) is 0 Å². The second-order valence-electron chi connectivity index (χ2n) is 6.22. The van der Waals surface area contributed by atoms with E-state index in [9.17, 15) is 14.7 Å². The van der Waals surface area contributed by atoms with Crippen molar-refractivity contribution < 1.29 is 19.8 Å². The lowest BCUT2D eigenvalue weighted by Crippen LogP contribution is -2.47. The minimum atomic E-state index is -2.06. The van der Waals surface area contributed by atoms with Crippen LogP contribution in [0.1, 0.15) is 31.5 Å². The number of aromatic nitrogens is 2. The predicted molar refractivity (Wildman–Crippen MR) is 97.6 cm³/mol. The van der Waals surface area contributed by atoms with Crippen molar-refractivity contribution in [2.45, 2.75) is 32.3 Å². The smallest absolute Gasteiger partial charge is 0.337 e. The van der Waals surface area contributed by atoms with E-state index in [1.807, 2.05) is 6.92 Å². The van der Waals surface area contributed by atoms with Crippen molar-refractivity contribution in [2.24, 2.45) is 0 Å². The Balaban J connectivity index is 2.20. The van der Waals surface area contributed by atoms with Gasteiger partial charge in [-0.1, -0.05) is 19.4 Å². The van der Waals surface area contributed by atoms with E-state index in [0.29, 0.717) is 23.4 Å². The third-order valence-electron chi connectivity index (χ3n) is 3.88. The number of carboxylic acids is 1. The van der Waals surface area contributed by atoms with E-state index < -0.39 is 24.1 Å². The van der Waals surface area contributed by atoms with Gasteiger partial charge in [0.15, 0.2) is 5.60 Å². The van der Waals surface area contributed by atoms with Crippen molar-refractivity contribution in [1.82, 2.24) is 15.1 Å². The van der Waals surface area contributed by atoms with E-state index in [2.05, 4.69) is 21.8 Å². The molecular formula is C18H21N5O4. The normalized spacial score (nSPS) is 12.7. The fourth-order valence-electron chi connectivity index (χ4n) is 2.38. The van der Waals surface area contributed by atoms with E-state index in [0.717, 1.165) is 19.0 Å². The topological polar surface area (TPSA) is 140 Å². The fraction of sp³-hybridized carbons (Fsp3) is 0.333. The van der Waals surface area contributed by atoms with Crippen molar-refractivity contribution in [2.75, 3.05) is 11.9 Å². The first kappa shape index (κ1) is 19.9. The summed E-state index contributed by atoms with van der Waals surface area (Å²) in [6, 6.07) is 8.36. The molecular weight excluding hydrogens is 350 g/mol. The van der Waals surface area contributed by atoms with Gasteiger partial charge in [-0.2, -0.15) is 10.4 Å². The summed E-state index contributed by atoms with van der Waals surface area (Å²) in [4.78, 5) is 23.0. The summed E-state index contributed by atoms with van der Waals surface area (Å²) in [5.74, 6) is -1.43. The molecule has 1 aromatic carbocycles. The molecule has 0 spiro atoms. The Morgan fingerprint density at radius 2 is 2.15 bits per heavy atom. The molecule has 0 fully saturated rings. The van der Waals surface area contributed by atoms with Crippen LogP contribution in [0.5, 0.6) is 0 Å². The van der Waals surface area contributed by atoms with Gasteiger partial charge in [0, 0.05) is 0 Å². The first-order chi connectivity index (χ1) is 12.8. The van der Waals surface area contributed by atoms with Gasteiger partial charge in [-0.05, 0) is 31.5 Å². The van der Waals surface area contributed by atoms with Crippen molar-refractivity contribution in [3.05, 3.63) is 41.7 Å². The Kier molecular flexibility index (Phi) is 6.15. The minimum absolute atomic E-state index is 0.449. The molecule has 0 saturated heterocycles. The van der Waals surface area contributed by atoms with Crippen LogP contribution in [-0.2, 0) is 11.2 Å². The summed E-state index contributed by atoms with van der Waals surface area (Å²) in [5, 5.41) is 36.8. The van der Waals surface area contributed by atoms with E-state index >= 15 is 0 Å². The standard InChI is InChI=1S/C18H21N5O4/c1-3-5-15-14(22-17(26)20-11-18(2,27)16(24)25)10-21-23(15)13-7-4-6-12(8-13)9-19/h4,6-8,10,27H,3,5,11H2,1-2H3,(H,24,25)(H2,20,22,26). The van der Waals surface area contributed by atoms with Crippen molar-refractivity contribution in [3.8, 4) is 11.8 Å². The molecule has 0 radical (unpaired) electrons. The predicted octanol–water partition coefficient (Wildman–Crippen LogP) is 1.65. The van der Waals surface area contributed by atoms with Crippen molar-refractivity contribution >= 4 is 17.7 Å². The number of urea groups is 1. The van der Waals surface area contributed by atoms with E-state index in [4.69, 9.17) is 10.4 Å². The number of benzene rings is 1. The van der Waals surface area contributed by atoms with Gasteiger partial charge in [-0.3, -0.25) is 0 Å². The molecule has 1 atom stereocenters. The molecule has 2 aromatic rings. The molecule has 2 amide bonds. The Morgan fingerprint density at radius 1 is 1.41 bits per heavy atom. The SMILES string of the molecule is CCCc1c(NC(=O)NCC(C)(O)C(=O)O)cnn1-c1cccc(C#N)c1. The second kappa shape index (κ2) is 8.33. The Morgan fingerprint density at radius 3 is 2.78 bits per heavy atom. The van der Waals surface area contributed by atoms with Crippen LogP contribution >= 0.6 is 0 Å². The summed E-state index contributed by atoms with van der Waals surface area (Å²) in [7, 11) is 0. The molecule has 1 heterocycles. The van der Waals surface area contributed by atoms with Gasteiger partial charge < -0.3 is 20.8 Å². The summed E-state index contributed by atoms with van der Waals surface area (Å²) < 4.78 is 1.65. The summed E-state index contributed by atoms with van der Waals surface area (Å²) >= 11 is 0. The lowest BCUT2D eigenvalue weighted by Gasteiger charge is -2.18. The van der Waals surface area contributed by atoms with Crippen LogP contribution in [0, 0.1) is 11.3 Å². The highest BCUT2D eigenvalue weighted by Gasteiger charge is 2.30. The number of aliphatic hydroxyl groups is 1. The number of anilines is 1. The highest BCUT2D eigenvalue weighted by molar-refractivity contribution is 5.90. The molecule has 2 rings (SSSR count). The van der Waals surface area contributed by atoms with E-state index in [1.165, 1.54) is 6.20 Å². The molecule has 9 nitrogen and oxygen atoms in total. The number of hydrogen-bond donors (Lipinski definition) is 4. The number of aliphatic carboxylic acids is 1. The third kappa shape index (κ3) is 4.83. The van der Waals surface area contributed by atoms with Crippen LogP contribution in [0.3, 0.4) is 0 Å². The van der Waals surface area contributed by atoms with Gasteiger partial charge in [0.25, 0.3) is 0 Å². The molecule has 0 saturated carbocycles. The molecule has 9 heteroatoms. The number of rotatable bonds is 7. The highest BCUT2D eigenvalue weighted by Crippen LogP contribution is 2.21. The largest absolute Gasteiger partial charge is 0.479 e. The number of carboxylic acid groups (broad SMARTS) is 1. The molecule has 0 aliphatic rings. The van der Waals surface area contributed by atoms with Gasteiger partial charge in [0.1, 0.15) is 0 Å². The molecule has 0 aliphatic carbocycles. The number of nitrogens with one attached hydrogen (secondary N) is 2. The molecule has 4 N–H and O–H groups in total. The maximum Gasteiger partial charge on any atom is 0.337 e. The molecule has 1 aromatic heterocycles. The van der Waals surface area contributed by atoms with Gasteiger partial charge in [0.05, 0.1) is 41.4 Å². The van der Waals surface area contributed by atoms with Crippen molar-refractivity contribution in [3.63, 3.8) is 0 Å². The lowest BCUT2D eigenvalue weighted by molar-refractivity contribution is -0.155. The van der Waals surface area contributed by atoms with E-state index in [-0.39, 0.29) is 0 Å². The maximum absolute atomic E-state index is 12.1. The van der Waals surface area contributed by atoms with Gasteiger partial charge in [-0.25, -0.2) is 14.3 Å². The van der Waals surface area contributed by atoms with Crippen LogP contribution < -0.4 is 10.6 Å². The van der Waals surface area contributed by atoms with Crippen molar-refractivity contribution in [1.29, 1.82) is 5.26 Å². The highest BCUT2D eigenvalue weighted by atomic mass is 16.4. The average molecular weight is 371 g/mol. The van der Waals surface area contributed by atoms with Crippen LogP contribution in [0.2, 0.25) is 0 Å². The number of nitrogens with zero attached hydrogens (tertiary/aromatic N) is 3. The minimum Gasteiger partial charge on any atom is -0.479 e. The first-order valence-corrected chi connectivity index (χ1v) is 8.36. The summed E-state index contributed by atoms with van der Waals surface area (Å²) in [5.41, 5.74) is 0.332. The zero-order valence-electron chi connectivity index (χ0n) is 15.1. The van der Waals surface area contributed by atoms with Crippen LogP contribution in [0.25, 0.3) is 5.69 Å². The molecule has 142 valence electrons. The Bertz CT molecular complexity index is 882.